The van der Waals surface area contributed by atoms with Gasteiger partial charge in [-0.15, -0.1) is 0 Å². The molecule has 2 aliphatic heterocycles. The molecule has 7 nitrogen and oxygen atoms in total. The van der Waals surface area contributed by atoms with Crippen LogP contribution in [0, 0.1) is 11.8 Å². The van der Waals surface area contributed by atoms with Crippen molar-refractivity contribution in [3.8, 4) is 0 Å². The number of hydrogen-bond acceptors (Lipinski definition) is 5. The van der Waals surface area contributed by atoms with Crippen LogP contribution in [-0.4, -0.2) is 33.4 Å². The minimum atomic E-state index is -1.56. The molecule has 0 radical (unpaired) electrons. The van der Waals surface area contributed by atoms with Gasteiger partial charge in [0, 0.05) is 6.20 Å². The van der Waals surface area contributed by atoms with E-state index < -0.39 is 41.2 Å². The van der Waals surface area contributed by atoms with Gasteiger partial charge in [-0.05, 0) is 43.2 Å². The lowest BCUT2D eigenvalue weighted by Gasteiger charge is -2.27. The Morgan fingerprint density at radius 2 is 1.89 bits per heavy atom. The van der Waals surface area contributed by atoms with Gasteiger partial charge < -0.3 is 5.11 Å². The van der Waals surface area contributed by atoms with Crippen molar-refractivity contribution >= 4 is 23.5 Å². The number of rotatable bonds is 4. The highest BCUT2D eigenvalue weighted by molar-refractivity contribution is 6.24. The molecule has 3 heterocycles. The van der Waals surface area contributed by atoms with E-state index in [-0.39, 0.29) is 0 Å². The number of carboxylic acid groups (broad SMARTS) is 1. The molecule has 4 unspecified atom stereocenters. The first-order valence-corrected chi connectivity index (χ1v) is 9.27. The lowest BCUT2D eigenvalue weighted by atomic mass is 9.81. The molecule has 144 valence electrons. The summed E-state index contributed by atoms with van der Waals surface area (Å²) in [5.41, 5.74) is 0.546. The van der Waals surface area contributed by atoms with Crippen molar-refractivity contribution in [1.29, 1.82) is 0 Å². The molecule has 1 aromatic heterocycles. The van der Waals surface area contributed by atoms with Gasteiger partial charge in [-0.25, -0.2) is 4.90 Å². The zero-order valence-electron chi connectivity index (χ0n) is 15.6. The molecule has 2 aromatic rings. The number of aromatic nitrogens is 1. The predicted molar refractivity (Wildman–Crippen MR) is 101 cm³/mol. The highest BCUT2D eigenvalue weighted by atomic mass is 16.4. The zero-order chi connectivity index (χ0) is 20.1. The van der Waals surface area contributed by atoms with E-state index in [2.05, 4.69) is 10.3 Å². The van der Waals surface area contributed by atoms with Crippen LogP contribution in [0.15, 0.2) is 48.7 Å². The Morgan fingerprint density at radius 1 is 1.18 bits per heavy atom. The minimum absolute atomic E-state index is 0.396. The molecule has 0 aliphatic carbocycles. The lowest BCUT2D eigenvalue weighted by molar-refractivity contribution is -0.147. The number of anilines is 1. The number of aliphatic carboxylic acids is 1. The number of nitrogens with zero attached hydrogens (tertiary/aromatic N) is 2. The first kappa shape index (κ1) is 18.3. The topological polar surface area (TPSA) is 99.6 Å². The Morgan fingerprint density at radius 3 is 2.46 bits per heavy atom. The average molecular weight is 379 g/mol. The molecule has 7 heteroatoms. The maximum Gasteiger partial charge on any atom is 0.324 e. The van der Waals surface area contributed by atoms with Gasteiger partial charge in [-0.2, -0.15) is 0 Å². The highest BCUT2D eigenvalue weighted by Crippen LogP contribution is 2.49. The zero-order valence-corrected chi connectivity index (χ0v) is 15.6. The molecule has 4 atom stereocenters. The second kappa shape index (κ2) is 6.53. The van der Waals surface area contributed by atoms with E-state index >= 15 is 0 Å². The molecule has 0 saturated carbocycles. The highest BCUT2D eigenvalue weighted by Gasteiger charge is 2.67. The fraction of sp³-hybridized carbons (Fsp3) is 0.333. The maximum absolute atomic E-state index is 13.3. The van der Waals surface area contributed by atoms with Gasteiger partial charge in [0.25, 0.3) is 0 Å². The van der Waals surface area contributed by atoms with Crippen molar-refractivity contribution in [2.24, 2.45) is 11.8 Å². The number of carboxylic acids is 1. The van der Waals surface area contributed by atoms with Crippen molar-refractivity contribution in [2.45, 2.75) is 31.8 Å². The summed E-state index contributed by atoms with van der Waals surface area (Å²) in [7, 11) is 0. The number of hydrogen-bond donors (Lipinski definition) is 2. The SMILES string of the molecule is CCc1ccc(N2C(=O)C3C(c4ccccn4)NC(C)(C(=O)O)C3C2=O)cc1. The van der Waals surface area contributed by atoms with Crippen LogP contribution in [0.1, 0.15) is 31.1 Å². The van der Waals surface area contributed by atoms with Crippen molar-refractivity contribution in [3.63, 3.8) is 0 Å². The summed E-state index contributed by atoms with van der Waals surface area (Å²) >= 11 is 0. The summed E-state index contributed by atoms with van der Waals surface area (Å²) in [4.78, 5) is 44.0. The summed E-state index contributed by atoms with van der Waals surface area (Å²) in [5, 5.41) is 12.9. The van der Waals surface area contributed by atoms with Crippen LogP contribution < -0.4 is 10.2 Å². The van der Waals surface area contributed by atoms with Gasteiger partial charge in [0.2, 0.25) is 11.8 Å². The van der Waals surface area contributed by atoms with Crippen molar-refractivity contribution < 1.29 is 19.5 Å². The molecule has 2 N–H and O–H groups in total. The third-order valence-corrected chi connectivity index (χ3v) is 5.84. The van der Waals surface area contributed by atoms with Gasteiger partial charge in [0.05, 0.1) is 29.3 Å². The van der Waals surface area contributed by atoms with Crippen molar-refractivity contribution in [2.75, 3.05) is 4.90 Å². The van der Waals surface area contributed by atoms with Crippen LogP contribution >= 0.6 is 0 Å². The molecule has 2 amide bonds. The molecule has 0 spiro atoms. The van der Waals surface area contributed by atoms with Crippen LogP contribution in [0.5, 0.6) is 0 Å². The van der Waals surface area contributed by atoms with Crippen LogP contribution in [0.2, 0.25) is 0 Å². The number of carbonyl (C=O) groups excluding carboxylic acids is 2. The van der Waals surface area contributed by atoms with E-state index in [9.17, 15) is 19.5 Å². The number of fused-ring (bicyclic) bond motifs is 1. The summed E-state index contributed by atoms with van der Waals surface area (Å²) < 4.78 is 0. The fourth-order valence-corrected chi connectivity index (χ4v) is 4.28. The summed E-state index contributed by atoms with van der Waals surface area (Å²) in [6.07, 6.45) is 2.43. The Balaban J connectivity index is 1.79. The number of aryl methyl sites for hydroxylation is 1. The summed E-state index contributed by atoms with van der Waals surface area (Å²) in [5.74, 6) is -3.88. The lowest BCUT2D eigenvalue weighted by Crippen LogP contribution is -2.53. The second-order valence-corrected chi connectivity index (χ2v) is 7.42. The van der Waals surface area contributed by atoms with Gasteiger partial charge in [0.1, 0.15) is 5.54 Å². The van der Waals surface area contributed by atoms with Crippen LogP contribution in [0.4, 0.5) is 5.69 Å². The Bertz CT molecular complexity index is 944. The maximum atomic E-state index is 13.3. The minimum Gasteiger partial charge on any atom is -0.480 e. The van der Waals surface area contributed by atoms with Crippen molar-refractivity contribution in [3.05, 3.63) is 59.9 Å². The summed E-state index contributed by atoms with van der Waals surface area (Å²) in [6, 6.07) is 11.8. The van der Waals surface area contributed by atoms with Gasteiger partial charge in [0.15, 0.2) is 0 Å². The fourth-order valence-electron chi connectivity index (χ4n) is 4.28. The van der Waals surface area contributed by atoms with E-state index in [4.69, 9.17) is 0 Å². The number of benzene rings is 1. The number of imide groups is 1. The largest absolute Gasteiger partial charge is 0.480 e. The molecule has 1 aromatic carbocycles. The smallest absolute Gasteiger partial charge is 0.324 e. The average Bonchev–Trinajstić information content (AvgIpc) is 3.17. The molecule has 4 rings (SSSR count). The molecular weight excluding hydrogens is 358 g/mol. The molecule has 28 heavy (non-hydrogen) atoms. The second-order valence-electron chi connectivity index (χ2n) is 7.42. The number of nitrogens with one attached hydrogen (secondary N) is 1. The molecule has 0 bridgehead atoms. The third kappa shape index (κ3) is 2.54. The quantitative estimate of drug-likeness (QED) is 0.788. The third-order valence-electron chi connectivity index (χ3n) is 5.84. The van der Waals surface area contributed by atoms with E-state index in [1.807, 2.05) is 19.1 Å². The van der Waals surface area contributed by atoms with E-state index in [0.717, 1.165) is 16.9 Å². The monoisotopic (exact) mass is 379 g/mol. The number of pyridine rings is 1. The van der Waals surface area contributed by atoms with E-state index in [1.54, 1.807) is 36.5 Å². The Kier molecular flexibility index (Phi) is 4.27. The van der Waals surface area contributed by atoms with E-state index in [0.29, 0.717) is 11.4 Å². The summed E-state index contributed by atoms with van der Waals surface area (Å²) in [6.45, 7) is 3.48. The van der Waals surface area contributed by atoms with Gasteiger partial charge in [-0.1, -0.05) is 25.1 Å². The molecule has 2 aliphatic rings. The van der Waals surface area contributed by atoms with Crippen LogP contribution in [-0.2, 0) is 20.8 Å². The molecule has 2 saturated heterocycles. The van der Waals surface area contributed by atoms with Crippen LogP contribution in [0.25, 0.3) is 0 Å². The molecular formula is C21H21N3O4. The standard InChI is InChI=1S/C21H21N3O4/c1-3-12-7-9-13(10-8-12)24-18(25)15-16(19(24)26)21(2,20(27)28)23-17(15)14-6-4-5-11-22-14/h4-11,15-17,23H,3H2,1-2H3,(H,27,28). The van der Waals surface area contributed by atoms with E-state index in [1.165, 1.54) is 6.92 Å². The first-order valence-electron chi connectivity index (χ1n) is 9.27. The number of carbonyl (C=O) groups is 3. The predicted octanol–water partition coefficient (Wildman–Crippen LogP) is 1.94. The van der Waals surface area contributed by atoms with Gasteiger partial charge in [-0.3, -0.25) is 24.7 Å². The Labute approximate surface area is 162 Å². The first-order chi connectivity index (χ1) is 13.4. The normalized spacial score (nSPS) is 29.2. The van der Waals surface area contributed by atoms with Crippen LogP contribution in [0.3, 0.4) is 0 Å². The molecule has 2 fully saturated rings. The van der Waals surface area contributed by atoms with Crippen molar-refractivity contribution in [1.82, 2.24) is 10.3 Å². The Hall–Kier alpha value is -3.06. The van der Waals surface area contributed by atoms with Gasteiger partial charge >= 0.3 is 5.97 Å². The number of amides is 2.